The summed E-state index contributed by atoms with van der Waals surface area (Å²) in [6, 6.07) is 8.56. The molecule has 0 saturated carbocycles. The van der Waals surface area contributed by atoms with Crippen molar-refractivity contribution in [2.75, 3.05) is 60.6 Å². The smallest absolute Gasteiger partial charge is 0.225 e. The van der Waals surface area contributed by atoms with E-state index < -0.39 is 0 Å². The van der Waals surface area contributed by atoms with Crippen LogP contribution in [0.5, 0.6) is 0 Å². The number of fused-ring (bicyclic) bond motifs is 2. The fourth-order valence-corrected chi connectivity index (χ4v) is 5.06. The maximum Gasteiger partial charge on any atom is 0.225 e. The summed E-state index contributed by atoms with van der Waals surface area (Å²) in [6.07, 6.45) is 6.69. The Kier molecular flexibility index (Phi) is 4.37. The summed E-state index contributed by atoms with van der Waals surface area (Å²) in [4.78, 5) is 25.9. The van der Waals surface area contributed by atoms with Crippen LogP contribution in [0, 0.1) is 5.92 Å². The second-order valence-electron chi connectivity index (χ2n) is 8.24. The van der Waals surface area contributed by atoms with Crippen molar-refractivity contribution in [2.45, 2.75) is 12.5 Å². The van der Waals surface area contributed by atoms with Crippen molar-refractivity contribution < 1.29 is 4.74 Å². The second-order valence-corrected chi connectivity index (χ2v) is 8.24. The molecule has 3 aromatic rings. The van der Waals surface area contributed by atoms with Gasteiger partial charge in [0.15, 0.2) is 0 Å². The van der Waals surface area contributed by atoms with Crippen LogP contribution in [0.15, 0.2) is 42.9 Å². The van der Waals surface area contributed by atoms with Crippen molar-refractivity contribution in [1.29, 1.82) is 0 Å². The van der Waals surface area contributed by atoms with Gasteiger partial charge in [0.2, 0.25) is 5.95 Å². The highest BCUT2D eigenvalue weighted by Gasteiger charge is 2.43. The summed E-state index contributed by atoms with van der Waals surface area (Å²) >= 11 is 0. The van der Waals surface area contributed by atoms with E-state index in [1.54, 1.807) is 0 Å². The largest absolute Gasteiger partial charge is 0.378 e. The lowest BCUT2D eigenvalue weighted by Crippen LogP contribution is -2.38. The number of hydrogen-bond acceptors (Lipinski definition) is 8. The van der Waals surface area contributed by atoms with E-state index in [2.05, 4.69) is 41.8 Å². The first-order valence-electron chi connectivity index (χ1n) is 10.7. The van der Waals surface area contributed by atoms with Crippen LogP contribution < -0.4 is 14.7 Å². The number of hydrogen-bond donors (Lipinski definition) is 0. The molecule has 3 aromatic heterocycles. The van der Waals surface area contributed by atoms with E-state index in [1.165, 1.54) is 6.42 Å². The van der Waals surface area contributed by atoms with Gasteiger partial charge in [-0.3, -0.25) is 4.98 Å². The first-order valence-corrected chi connectivity index (χ1v) is 10.7. The molecule has 0 aromatic carbocycles. The molecule has 2 unspecified atom stereocenters. The molecular weight excluding hydrogens is 378 g/mol. The van der Waals surface area contributed by atoms with E-state index in [0.717, 1.165) is 74.4 Å². The quantitative estimate of drug-likeness (QED) is 0.658. The van der Waals surface area contributed by atoms with Crippen LogP contribution in [0.3, 0.4) is 0 Å². The maximum absolute atomic E-state index is 5.53. The zero-order valence-electron chi connectivity index (χ0n) is 16.9. The van der Waals surface area contributed by atoms with Crippen molar-refractivity contribution in [3.8, 4) is 0 Å². The van der Waals surface area contributed by atoms with Gasteiger partial charge < -0.3 is 19.4 Å². The van der Waals surface area contributed by atoms with Gasteiger partial charge in [-0.15, -0.1) is 0 Å². The van der Waals surface area contributed by atoms with Gasteiger partial charge in [-0.2, -0.15) is 0 Å². The normalized spacial score (nSPS) is 23.9. The van der Waals surface area contributed by atoms with Crippen LogP contribution in [-0.2, 0) is 4.74 Å². The van der Waals surface area contributed by atoms with Crippen molar-refractivity contribution in [2.24, 2.45) is 5.92 Å². The first kappa shape index (κ1) is 17.8. The molecule has 3 aliphatic heterocycles. The number of nitrogens with zero attached hydrogens (tertiary/aromatic N) is 7. The van der Waals surface area contributed by atoms with Gasteiger partial charge in [0, 0.05) is 68.7 Å². The molecule has 154 valence electrons. The molecule has 3 saturated heterocycles. The van der Waals surface area contributed by atoms with E-state index in [1.807, 2.05) is 30.7 Å². The Hall–Kier alpha value is -3.00. The van der Waals surface area contributed by atoms with Crippen molar-refractivity contribution in [3.63, 3.8) is 0 Å². The lowest BCUT2D eigenvalue weighted by molar-refractivity contribution is 0.122. The zero-order chi connectivity index (χ0) is 19.9. The molecule has 2 atom stereocenters. The molecule has 0 spiro atoms. The van der Waals surface area contributed by atoms with Crippen LogP contribution in [-0.4, -0.2) is 71.9 Å². The summed E-state index contributed by atoms with van der Waals surface area (Å²) in [5, 5.41) is 1.12. The number of rotatable bonds is 3. The standard InChI is InChI=1S/C22H25N7O/c1-3-17-18(23-5-1)13-20(27-9-11-30-12-10-27)26-21(17)28-14-16-4-8-29(19(16)15-28)22-24-6-2-7-25-22/h1-3,5-7,13,16,19H,4,8-12,14-15H2. The molecule has 0 amide bonds. The Morgan fingerprint density at radius 1 is 0.900 bits per heavy atom. The number of morpholine rings is 1. The molecule has 30 heavy (non-hydrogen) atoms. The number of aromatic nitrogens is 4. The molecule has 8 heteroatoms. The molecular formula is C22H25N7O. The van der Waals surface area contributed by atoms with Gasteiger partial charge in [0.25, 0.3) is 0 Å². The third kappa shape index (κ3) is 3.02. The fraction of sp³-hybridized carbons (Fsp3) is 0.455. The minimum Gasteiger partial charge on any atom is -0.378 e. The average molecular weight is 403 g/mol. The summed E-state index contributed by atoms with van der Waals surface area (Å²) in [7, 11) is 0. The Bertz CT molecular complexity index is 1040. The second kappa shape index (κ2) is 7.36. The predicted octanol–water partition coefficient (Wildman–Crippen LogP) is 1.97. The Morgan fingerprint density at radius 3 is 2.60 bits per heavy atom. The van der Waals surface area contributed by atoms with E-state index in [4.69, 9.17) is 9.72 Å². The minimum absolute atomic E-state index is 0.424. The van der Waals surface area contributed by atoms with Crippen LogP contribution in [0.1, 0.15) is 6.42 Å². The zero-order valence-corrected chi connectivity index (χ0v) is 16.9. The highest BCUT2D eigenvalue weighted by atomic mass is 16.5. The van der Waals surface area contributed by atoms with Gasteiger partial charge >= 0.3 is 0 Å². The average Bonchev–Trinajstić information content (AvgIpc) is 3.40. The Morgan fingerprint density at radius 2 is 1.73 bits per heavy atom. The summed E-state index contributed by atoms with van der Waals surface area (Å²) < 4.78 is 5.53. The van der Waals surface area contributed by atoms with Gasteiger partial charge in [-0.1, -0.05) is 0 Å². The lowest BCUT2D eigenvalue weighted by atomic mass is 10.1. The van der Waals surface area contributed by atoms with E-state index in [0.29, 0.717) is 12.0 Å². The third-order valence-electron chi connectivity index (χ3n) is 6.56. The highest BCUT2D eigenvalue weighted by Crippen LogP contribution is 2.38. The van der Waals surface area contributed by atoms with Crippen molar-refractivity contribution in [1.82, 2.24) is 19.9 Å². The van der Waals surface area contributed by atoms with Gasteiger partial charge in [-0.25, -0.2) is 15.0 Å². The SMILES string of the molecule is c1cnc(N2CCC3CN(c4nc(N5CCOCC5)cc5ncccc45)CC32)nc1. The monoisotopic (exact) mass is 403 g/mol. The molecule has 6 rings (SSSR count). The number of pyridine rings is 2. The van der Waals surface area contributed by atoms with Crippen molar-refractivity contribution >= 4 is 28.5 Å². The summed E-state index contributed by atoms with van der Waals surface area (Å²) in [5.74, 6) is 3.49. The van der Waals surface area contributed by atoms with Gasteiger partial charge in [0.05, 0.1) is 24.8 Å². The van der Waals surface area contributed by atoms with Crippen molar-refractivity contribution in [3.05, 3.63) is 42.9 Å². The fourth-order valence-electron chi connectivity index (χ4n) is 5.06. The molecule has 3 fully saturated rings. The molecule has 0 aliphatic carbocycles. The van der Waals surface area contributed by atoms with Crippen LogP contribution in [0.25, 0.3) is 10.9 Å². The van der Waals surface area contributed by atoms with Crippen LogP contribution in [0.2, 0.25) is 0 Å². The number of ether oxygens (including phenoxy) is 1. The van der Waals surface area contributed by atoms with Gasteiger partial charge in [-0.05, 0) is 24.6 Å². The minimum atomic E-state index is 0.424. The number of anilines is 3. The van der Waals surface area contributed by atoms with Gasteiger partial charge in [0.1, 0.15) is 11.6 Å². The first-order chi connectivity index (χ1) is 14.9. The predicted molar refractivity (Wildman–Crippen MR) is 116 cm³/mol. The topological polar surface area (TPSA) is 70.5 Å². The third-order valence-corrected chi connectivity index (χ3v) is 6.56. The molecule has 3 aliphatic rings. The van der Waals surface area contributed by atoms with E-state index in [-0.39, 0.29) is 0 Å². The Labute approximate surface area is 175 Å². The molecule has 0 N–H and O–H groups in total. The summed E-state index contributed by atoms with van der Waals surface area (Å²) in [6.45, 7) is 6.21. The molecule has 8 nitrogen and oxygen atoms in total. The maximum atomic E-state index is 5.53. The lowest BCUT2D eigenvalue weighted by Gasteiger charge is -2.30. The Balaban J connectivity index is 1.34. The highest BCUT2D eigenvalue weighted by molar-refractivity contribution is 5.91. The van der Waals surface area contributed by atoms with E-state index in [9.17, 15) is 0 Å². The van der Waals surface area contributed by atoms with Crippen LogP contribution >= 0.6 is 0 Å². The molecule has 0 bridgehead atoms. The molecule has 6 heterocycles. The van der Waals surface area contributed by atoms with Crippen LogP contribution in [0.4, 0.5) is 17.6 Å². The molecule has 0 radical (unpaired) electrons. The van der Waals surface area contributed by atoms with E-state index >= 15 is 0 Å². The summed E-state index contributed by atoms with van der Waals surface area (Å²) in [5.41, 5.74) is 1.00.